The minimum atomic E-state index is -3.53. The number of benzene rings is 2. The lowest BCUT2D eigenvalue weighted by molar-refractivity contribution is 0.360. The van der Waals surface area contributed by atoms with Crippen molar-refractivity contribution in [3.8, 4) is 5.75 Å². The second-order valence-corrected chi connectivity index (χ2v) is 9.83. The molecule has 0 atom stereocenters. The molecule has 2 aromatic carbocycles. The normalized spacial score (nSPS) is 14.6. The number of hydrogen-bond donors (Lipinski definition) is 3. The molecule has 0 saturated carbocycles. The number of rotatable bonds is 6. The lowest BCUT2D eigenvalue weighted by Gasteiger charge is -2.26. The summed E-state index contributed by atoms with van der Waals surface area (Å²) < 4.78 is 27.3. The predicted molar refractivity (Wildman–Crippen MR) is 127 cm³/mol. The van der Waals surface area contributed by atoms with Gasteiger partial charge in [0.2, 0.25) is 10.0 Å². The topological polar surface area (TPSA) is 94.6 Å². The van der Waals surface area contributed by atoms with E-state index in [2.05, 4.69) is 22.2 Å². The number of halogens is 1. The van der Waals surface area contributed by atoms with Gasteiger partial charge < -0.3 is 15.7 Å². The highest BCUT2D eigenvalue weighted by Gasteiger charge is 2.26. The molecule has 0 radical (unpaired) electrons. The molecule has 0 amide bonds. The van der Waals surface area contributed by atoms with Gasteiger partial charge in [0.15, 0.2) is 5.13 Å². The van der Waals surface area contributed by atoms with Crippen LogP contribution in [-0.2, 0) is 10.0 Å². The minimum absolute atomic E-state index is 0. The molecule has 0 unspecified atom stereocenters. The third-order valence-corrected chi connectivity index (χ3v) is 7.66. The molecule has 4 rings (SSSR count). The standard InChI is InChI=1S/C21H22N4O3S2.ClH/c1-15(16-4-2-6-18(26)12-16)20-14-23-21(29-20)24-17-5-3-7-19(13-17)30(27,28)25-10-8-22-9-11-25;/h2-7,12-14,22,26H,1,8-11H2,(H,23,24);1H. The first-order chi connectivity index (χ1) is 14.4. The lowest BCUT2D eigenvalue weighted by atomic mass is 10.1. The van der Waals surface area contributed by atoms with E-state index in [1.807, 2.05) is 12.1 Å². The summed E-state index contributed by atoms with van der Waals surface area (Å²) >= 11 is 1.41. The Morgan fingerprint density at radius 2 is 1.90 bits per heavy atom. The van der Waals surface area contributed by atoms with E-state index in [4.69, 9.17) is 0 Å². The van der Waals surface area contributed by atoms with E-state index in [1.165, 1.54) is 15.6 Å². The quantitative estimate of drug-likeness (QED) is 0.500. The maximum atomic E-state index is 12.9. The number of nitrogens with one attached hydrogen (secondary N) is 2. The molecular formula is C21H23ClN4O3S2. The summed E-state index contributed by atoms with van der Waals surface area (Å²) in [7, 11) is -3.53. The van der Waals surface area contributed by atoms with E-state index in [0.29, 0.717) is 37.0 Å². The van der Waals surface area contributed by atoms with Crippen LogP contribution in [0.3, 0.4) is 0 Å². The number of sulfonamides is 1. The molecule has 1 aliphatic rings. The monoisotopic (exact) mass is 478 g/mol. The Balaban J connectivity index is 0.00000272. The Kier molecular flexibility index (Phi) is 7.34. The highest BCUT2D eigenvalue weighted by Crippen LogP contribution is 2.32. The Hall–Kier alpha value is -2.43. The fraction of sp³-hybridized carbons (Fsp3) is 0.190. The molecule has 7 nitrogen and oxygen atoms in total. The van der Waals surface area contributed by atoms with Crippen LogP contribution in [0, 0.1) is 0 Å². The van der Waals surface area contributed by atoms with Gasteiger partial charge in [-0.25, -0.2) is 13.4 Å². The summed E-state index contributed by atoms with van der Waals surface area (Å²) in [6, 6.07) is 13.7. The van der Waals surface area contributed by atoms with Gasteiger partial charge >= 0.3 is 0 Å². The summed E-state index contributed by atoms with van der Waals surface area (Å²) in [5, 5.41) is 16.6. The van der Waals surface area contributed by atoms with Gasteiger partial charge in [0.1, 0.15) is 5.75 Å². The van der Waals surface area contributed by atoms with Crippen LogP contribution < -0.4 is 10.6 Å². The van der Waals surface area contributed by atoms with E-state index in [9.17, 15) is 13.5 Å². The van der Waals surface area contributed by atoms with E-state index < -0.39 is 10.0 Å². The van der Waals surface area contributed by atoms with Crippen molar-refractivity contribution < 1.29 is 13.5 Å². The van der Waals surface area contributed by atoms with Gasteiger partial charge in [0.05, 0.1) is 9.77 Å². The summed E-state index contributed by atoms with van der Waals surface area (Å²) in [4.78, 5) is 5.49. The van der Waals surface area contributed by atoms with Crippen molar-refractivity contribution >= 4 is 50.2 Å². The van der Waals surface area contributed by atoms with Crippen LogP contribution in [0.1, 0.15) is 10.4 Å². The molecule has 10 heteroatoms. The zero-order valence-electron chi connectivity index (χ0n) is 16.6. The SMILES string of the molecule is C=C(c1cccc(O)c1)c1cnc(Nc2cccc(S(=O)(=O)N3CCNCC3)c2)s1.Cl. The van der Waals surface area contributed by atoms with Crippen LogP contribution in [-0.4, -0.2) is 49.0 Å². The fourth-order valence-corrected chi connectivity index (χ4v) is 5.52. The number of anilines is 2. The van der Waals surface area contributed by atoms with E-state index in [1.54, 1.807) is 42.6 Å². The average molecular weight is 479 g/mol. The van der Waals surface area contributed by atoms with Crippen LogP contribution in [0.25, 0.3) is 5.57 Å². The number of thiazole rings is 1. The number of piperazine rings is 1. The molecule has 3 aromatic rings. The Labute approximate surface area is 191 Å². The molecule has 1 fully saturated rings. The van der Waals surface area contributed by atoms with E-state index in [0.717, 1.165) is 16.0 Å². The maximum absolute atomic E-state index is 12.9. The van der Waals surface area contributed by atoms with Gasteiger partial charge in [-0.3, -0.25) is 0 Å². The highest BCUT2D eigenvalue weighted by atomic mass is 35.5. The number of hydrogen-bond acceptors (Lipinski definition) is 7. The van der Waals surface area contributed by atoms with Crippen molar-refractivity contribution in [1.82, 2.24) is 14.6 Å². The first-order valence-electron chi connectivity index (χ1n) is 9.46. The molecule has 3 N–H and O–H groups in total. The number of phenols is 1. The molecule has 1 saturated heterocycles. The molecule has 1 aliphatic heterocycles. The zero-order chi connectivity index (χ0) is 21.1. The third-order valence-electron chi connectivity index (χ3n) is 4.80. The van der Waals surface area contributed by atoms with Crippen molar-refractivity contribution in [2.45, 2.75) is 4.90 Å². The van der Waals surface area contributed by atoms with Crippen LogP contribution in [0.2, 0.25) is 0 Å². The largest absolute Gasteiger partial charge is 0.508 e. The predicted octanol–water partition coefficient (Wildman–Crippen LogP) is 3.67. The van der Waals surface area contributed by atoms with Gasteiger partial charge in [0.25, 0.3) is 0 Å². The smallest absolute Gasteiger partial charge is 0.243 e. The molecular weight excluding hydrogens is 456 g/mol. The lowest BCUT2D eigenvalue weighted by Crippen LogP contribution is -2.46. The Morgan fingerprint density at radius 1 is 1.16 bits per heavy atom. The second-order valence-electron chi connectivity index (χ2n) is 6.87. The zero-order valence-corrected chi connectivity index (χ0v) is 19.1. The molecule has 31 heavy (non-hydrogen) atoms. The molecule has 0 bridgehead atoms. The van der Waals surface area contributed by atoms with Gasteiger partial charge in [0, 0.05) is 38.1 Å². The minimum Gasteiger partial charge on any atom is -0.508 e. The van der Waals surface area contributed by atoms with Gasteiger partial charge in [-0.2, -0.15) is 4.31 Å². The van der Waals surface area contributed by atoms with Crippen molar-refractivity contribution in [3.63, 3.8) is 0 Å². The first-order valence-corrected chi connectivity index (χ1v) is 11.7. The Morgan fingerprint density at radius 3 is 2.65 bits per heavy atom. The maximum Gasteiger partial charge on any atom is 0.243 e. The van der Waals surface area contributed by atoms with E-state index >= 15 is 0 Å². The number of nitrogens with zero attached hydrogens (tertiary/aromatic N) is 2. The summed E-state index contributed by atoms with van der Waals surface area (Å²) in [6.45, 7) is 6.34. The number of aromatic nitrogens is 1. The van der Waals surface area contributed by atoms with Crippen LogP contribution >= 0.6 is 23.7 Å². The average Bonchev–Trinajstić information content (AvgIpc) is 3.22. The fourth-order valence-electron chi connectivity index (χ4n) is 3.20. The van der Waals surface area contributed by atoms with Gasteiger partial charge in [-0.15, -0.1) is 12.4 Å². The molecule has 164 valence electrons. The van der Waals surface area contributed by atoms with Gasteiger partial charge in [-0.05, 0) is 41.5 Å². The summed E-state index contributed by atoms with van der Waals surface area (Å²) in [6.07, 6.45) is 1.71. The molecule has 2 heterocycles. The highest BCUT2D eigenvalue weighted by molar-refractivity contribution is 7.89. The van der Waals surface area contributed by atoms with Crippen molar-refractivity contribution in [2.24, 2.45) is 0 Å². The first kappa shape index (κ1) is 23.2. The molecule has 0 spiro atoms. The number of phenolic OH excluding ortho intramolecular Hbond substituents is 1. The molecule has 1 aromatic heterocycles. The van der Waals surface area contributed by atoms with Crippen molar-refractivity contribution in [2.75, 3.05) is 31.5 Å². The number of aromatic hydroxyl groups is 1. The van der Waals surface area contributed by atoms with Crippen LogP contribution in [0.5, 0.6) is 5.75 Å². The third kappa shape index (κ3) is 5.25. The van der Waals surface area contributed by atoms with Gasteiger partial charge in [-0.1, -0.05) is 36.1 Å². The van der Waals surface area contributed by atoms with Crippen molar-refractivity contribution in [1.29, 1.82) is 0 Å². The Bertz CT molecular complexity index is 1170. The van der Waals surface area contributed by atoms with Crippen LogP contribution in [0.15, 0.2) is 66.2 Å². The van der Waals surface area contributed by atoms with Crippen molar-refractivity contribution in [3.05, 3.63) is 71.7 Å². The summed E-state index contributed by atoms with van der Waals surface area (Å²) in [5.74, 6) is 0.180. The molecule has 0 aliphatic carbocycles. The second kappa shape index (κ2) is 9.80. The van der Waals surface area contributed by atoms with E-state index in [-0.39, 0.29) is 23.1 Å². The van der Waals surface area contributed by atoms with Crippen LogP contribution in [0.4, 0.5) is 10.8 Å². The summed E-state index contributed by atoms with van der Waals surface area (Å²) in [5.41, 5.74) is 2.22.